The summed E-state index contributed by atoms with van der Waals surface area (Å²) in [6.45, 7) is 4.63. The Labute approximate surface area is 248 Å². The van der Waals surface area contributed by atoms with E-state index in [1.165, 1.54) is 33.0 Å². The molecule has 3 heteroatoms. The minimum atomic E-state index is -0.141. The Kier molecular flexibility index (Phi) is 4.82. The summed E-state index contributed by atoms with van der Waals surface area (Å²) in [6.07, 6.45) is 0. The second-order valence-corrected chi connectivity index (χ2v) is 12.1. The molecule has 1 aliphatic rings. The van der Waals surface area contributed by atoms with E-state index in [4.69, 9.17) is 4.42 Å². The molecule has 2 aromatic heterocycles. The summed E-state index contributed by atoms with van der Waals surface area (Å²) in [5.74, 6) is 0. The lowest BCUT2D eigenvalue weighted by molar-refractivity contribution is 0.657. The SMILES string of the molecule is CC1(C)c2ccccc2-c2cc3c4ccccc4n(-c4cc(-c5ccccc5)cc5c(=O)c6ccccc6oc45)c3cc21. The van der Waals surface area contributed by atoms with E-state index in [1.54, 1.807) is 0 Å². The molecule has 3 nitrogen and oxygen atoms in total. The van der Waals surface area contributed by atoms with Gasteiger partial charge in [0.15, 0.2) is 5.58 Å². The summed E-state index contributed by atoms with van der Waals surface area (Å²) in [6, 6.07) is 44.0. The normalized spacial score (nSPS) is 13.6. The van der Waals surface area contributed by atoms with Crippen LogP contribution in [0, 0.1) is 0 Å². The average Bonchev–Trinajstić information content (AvgIpc) is 3.49. The minimum absolute atomic E-state index is 0.0193. The van der Waals surface area contributed by atoms with E-state index in [-0.39, 0.29) is 10.8 Å². The first kappa shape index (κ1) is 24.2. The fourth-order valence-corrected chi connectivity index (χ4v) is 7.27. The lowest BCUT2D eigenvalue weighted by Gasteiger charge is -2.22. The first-order chi connectivity index (χ1) is 21.0. The number of hydrogen-bond acceptors (Lipinski definition) is 2. The number of aromatic nitrogens is 1. The topological polar surface area (TPSA) is 35.1 Å². The minimum Gasteiger partial charge on any atom is -0.454 e. The van der Waals surface area contributed by atoms with Crippen molar-refractivity contribution in [3.05, 3.63) is 149 Å². The Morgan fingerprint density at radius 1 is 0.558 bits per heavy atom. The largest absolute Gasteiger partial charge is 0.454 e. The molecule has 0 N–H and O–H groups in total. The fraction of sp³-hybridized carbons (Fsp3) is 0.0750. The fourth-order valence-electron chi connectivity index (χ4n) is 7.27. The van der Waals surface area contributed by atoms with Gasteiger partial charge in [-0.1, -0.05) is 98.8 Å². The van der Waals surface area contributed by atoms with Crippen LogP contribution in [0.25, 0.3) is 71.7 Å². The summed E-state index contributed by atoms with van der Waals surface area (Å²) >= 11 is 0. The molecule has 9 rings (SSSR count). The second kappa shape index (κ2) is 8.56. The van der Waals surface area contributed by atoms with E-state index >= 15 is 0 Å². The summed E-state index contributed by atoms with van der Waals surface area (Å²) in [5, 5.41) is 3.52. The molecular formula is C40H27NO2. The smallest absolute Gasteiger partial charge is 0.200 e. The molecule has 0 bridgehead atoms. The molecule has 2 heterocycles. The number of para-hydroxylation sites is 2. The van der Waals surface area contributed by atoms with Gasteiger partial charge in [-0.05, 0) is 75.8 Å². The predicted molar refractivity (Wildman–Crippen MR) is 177 cm³/mol. The van der Waals surface area contributed by atoms with Gasteiger partial charge in [-0.2, -0.15) is 0 Å². The Morgan fingerprint density at radius 2 is 1.28 bits per heavy atom. The molecule has 0 aliphatic heterocycles. The van der Waals surface area contributed by atoms with Crippen molar-refractivity contribution >= 4 is 43.7 Å². The van der Waals surface area contributed by atoms with Crippen LogP contribution in [-0.4, -0.2) is 4.57 Å². The van der Waals surface area contributed by atoms with Gasteiger partial charge in [-0.15, -0.1) is 0 Å². The third-order valence-corrected chi connectivity index (χ3v) is 9.38. The maximum Gasteiger partial charge on any atom is 0.200 e. The maximum atomic E-state index is 14.0. The number of nitrogens with zero attached hydrogens (tertiary/aromatic N) is 1. The Bertz CT molecular complexity index is 2500. The van der Waals surface area contributed by atoms with Gasteiger partial charge in [0.2, 0.25) is 5.43 Å². The van der Waals surface area contributed by atoms with Gasteiger partial charge in [0.25, 0.3) is 0 Å². The van der Waals surface area contributed by atoms with Crippen molar-refractivity contribution in [2.45, 2.75) is 19.3 Å². The number of hydrogen-bond donors (Lipinski definition) is 0. The van der Waals surface area contributed by atoms with E-state index in [2.05, 4.69) is 97.3 Å². The predicted octanol–water partition coefficient (Wildman–Crippen LogP) is 10.0. The van der Waals surface area contributed by atoms with Gasteiger partial charge < -0.3 is 8.98 Å². The highest BCUT2D eigenvalue weighted by Gasteiger charge is 2.36. The highest BCUT2D eigenvalue weighted by atomic mass is 16.3. The summed E-state index contributed by atoms with van der Waals surface area (Å²) in [7, 11) is 0. The van der Waals surface area contributed by atoms with E-state index in [0.29, 0.717) is 21.9 Å². The molecule has 8 aromatic rings. The second-order valence-electron chi connectivity index (χ2n) is 12.1. The van der Waals surface area contributed by atoms with Gasteiger partial charge >= 0.3 is 0 Å². The van der Waals surface area contributed by atoms with E-state index in [9.17, 15) is 4.79 Å². The first-order valence-corrected chi connectivity index (χ1v) is 14.7. The van der Waals surface area contributed by atoms with Crippen LogP contribution in [0.15, 0.2) is 137 Å². The van der Waals surface area contributed by atoms with Crippen molar-refractivity contribution in [2.24, 2.45) is 0 Å². The zero-order valence-electron chi connectivity index (χ0n) is 23.9. The lowest BCUT2D eigenvalue weighted by atomic mass is 9.82. The number of rotatable bonds is 2. The van der Waals surface area contributed by atoms with Crippen LogP contribution in [0.1, 0.15) is 25.0 Å². The van der Waals surface area contributed by atoms with Crippen molar-refractivity contribution in [2.75, 3.05) is 0 Å². The lowest BCUT2D eigenvalue weighted by Crippen LogP contribution is -2.15. The van der Waals surface area contributed by atoms with Crippen LogP contribution in [0.3, 0.4) is 0 Å². The van der Waals surface area contributed by atoms with Crippen molar-refractivity contribution < 1.29 is 4.42 Å². The van der Waals surface area contributed by atoms with Crippen LogP contribution in [-0.2, 0) is 5.41 Å². The third kappa shape index (κ3) is 3.28. The zero-order valence-corrected chi connectivity index (χ0v) is 23.9. The first-order valence-electron chi connectivity index (χ1n) is 14.7. The molecule has 0 spiro atoms. The average molecular weight is 554 g/mol. The highest BCUT2D eigenvalue weighted by molar-refractivity contribution is 6.13. The third-order valence-electron chi connectivity index (χ3n) is 9.38. The molecular weight excluding hydrogens is 526 g/mol. The van der Waals surface area contributed by atoms with E-state index in [0.717, 1.165) is 27.8 Å². The number of fused-ring (bicyclic) bond motifs is 8. The van der Waals surface area contributed by atoms with Gasteiger partial charge in [-0.3, -0.25) is 4.79 Å². The highest BCUT2D eigenvalue weighted by Crippen LogP contribution is 2.51. The maximum absolute atomic E-state index is 14.0. The van der Waals surface area contributed by atoms with E-state index < -0.39 is 0 Å². The monoisotopic (exact) mass is 553 g/mol. The molecule has 0 amide bonds. The molecule has 0 saturated carbocycles. The molecule has 0 fully saturated rings. The Hall–Kier alpha value is -5.41. The van der Waals surface area contributed by atoms with Crippen LogP contribution >= 0.6 is 0 Å². The number of benzene rings is 6. The van der Waals surface area contributed by atoms with Crippen molar-refractivity contribution in [1.29, 1.82) is 0 Å². The van der Waals surface area contributed by atoms with Crippen molar-refractivity contribution in [1.82, 2.24) is 4.57 Å². The Morgan fingerprint density at radius 3 is 2.14 bits per heavy atom. The molecule has 0 atom stereocenters. The van der Waals surface area contributed by atoms with Gasteiger partial charge in [0.1, 0.15) is 5.58 Å². The molecule has 0 unspecified atom stereocenters. The van der Waals surface area contributed by atoms with Crippen LogP contribution < -0.4 is 5.43 Å². The zero-order chi connectivity index (χ0) is 28.9. The molecule has 204 valence electrons. The van der Waals surface area contributed by atoms with E-state index in [1.807, 2.05) is 48.5 Å². The quantitative estimate of drug-likeness (QED) is 0.200. The molecule has 43 heavy (non-hydrogen) atoms. The Balaban J connectivity index is 1.46. The van der Waals surface area contributed by atoms with Crippen molar-refractivity contribution in [3.63, 3.8) is 0 Å². The van der Waals surface area contributed by atoms with Gasteiger partial charge in [0, 0.05) is 16.2 Å². The molecule has 6 aromatic carbocycles. The van der Waals surface area contributed by atoms with Crippen molar-refractivity contribution in [3.8, 4) is 27.9 Å². The summed E-state index contributed by atoms with van der Waals surface area (Å²) < 4.78 is 8.94. The summed E-state index contributed by atoms with van der Waals surface area (Å²) in [4.78, 5) is 14.0. The molecule has 1 aliphatic carbocycles. The standard InChI is InChI=1S/C40H27NO2/c1-40(2)32-17-9-6-14-26(32)29-22-30-27-15-7-10-18-34(27)41(35(30)23-33(29)40)36-21-25(24-12-4-3-5-13-24)20-31-38(42)28-16-8-11-19-37(28)43-39(31)36/h3-23H,1-2H3. The molecule has 0 saturated heterocycles. The van der Waals surface area contributed by atoms with Crippen LogP contribution in [0.2, 0.25) is 0 Å². The molecule has 0 radical (unpaired) electrons. The van der Waals surface area contributed by atoms with Crippen LogP contribution in [0.4, 0.5) is 0 Å². The summed E-state index contributed by atoms with van der Waals surface area (Å²) in [5.41, 5.74) is 11.3. The van der Waals surface area contributed by atoms with Gasteiger partial charge in [0.05, 0.1) is 27.5 Å². The van der Waals surface area contributed by atoms with Gasteiger partial charge in [-0.25, -0.2) is 0 Å². The van der Waals surface area contributed by atoms with Crippen LogP contribution in [0.5, 0.6) is 0 Å².